The molecule has 1 aromatic carbocycles. The van der Waals surface area contributed by atoms with Gasteiger partial charge in [0.15, 0.2) is 13.2 Å². The van der Waals surface area contributed by atoms with Crippen molar-refractivity contribution in [2.45, 2.75) is 18.9 Å². The molecule has 1 atom stereocenters. The standard InChI is InChI=1S/C15H18ClNO5/c16-12-5-1-2-6-13(12)21-10-15(19)22-9-14(18)17-8-11-4-3-7-20-11/h1-2,5-6,11H,3-4,7-10H2,(H,17,18)/t11-/m1/s1. The quantitative estimate of drug-likeness (QED) is 0.769. The highest BCUT2D eigenvalue weighted by Crippen LogP contribution is 2.22. The van der Waals surface area contributed by atoms with E-state index in [2.05, 4.69) is 5.32 Å². The summed E-state index contributed by atoms with van der Waals surface area (Å²) < 4.78 is 15.4. The van der Waals surface area contributed by atoms with Crippen LogP contribution in [0.1, 0.15) is 12.8 Å². The third kappa shape index (κ3) is 5.54. The molecule has 1 heterocycles. The van der Waals surface area contributed by atoms with Crippen LogP contribution in [0.3, 0.4) is 0 Å². The summed E-state index contributed by atoms with van der Waals surface area (Å²) in [5, 5.41) is 3.07. The number of nitrogens with one attached hydrogen (secondary N) is 1. The maximum Gasteiger partial charge on any atom is 0.344 e. The zero-order valence-corrected chi connectivity index (χ0v) is 12.8. The average molecular weight is 328 g/mol. The van der Waals surface area contributed by atoms with Crippen LogP contribution in [-0.2, 0) is 19.1 Å². The first-order valence-corrected chi connectivity index (χ1v) is 7.44. The summed E-state index contributed by atoms with van der Waals surface area (Å²) in [7, 11) is 0. The number of carbonyl (C=O) groups excluding carboxylic acids is 2. The third-order valence-corrected chi connectivity index (χ3v) is 3.41. The molecule has 0 aliphatic carbocycles. The van der Waals surface area contributed by atoms with Gasteiger partial charge in [-0.05, 0) is 25.0 Å². The van der Waals surface area contributed by atoms with E-state index in [0.29, 0.717) is 17.3 Å². The highest BCUT2D eigenvalue weighted by Gasteiger charge is 2.16. The first-order chi connectivity index (χ1) is 10.6. The third-order valence-electron chi connectivity index (χ3n) is 3.10. The molecule has 0 spiro atoms. The molecule has 1 aromatic rings. The fourth-order valence-corrected chi connectivity index (χ4v) is 2.16. The molecule has 6 nitrogen and oxygen atoms in total. The second kappa shape index (κ2) is 8.60. The van der Waals surface area contributed by atoms with Crippen LogP contribution in [0.15, 0.2) is 24.3 Å². The van der Waals surface area contributed by atoms with Crippen molar-refractivity contribution in [3.05, 3.63) is 29.3 Å². The first kappa shape index (κ1) is 16.6. The lowest BCUT2D eigenvalue weighted by atomic mass is 10.2. The number of benzene rings is 1. The minimum absolute atomic E-state index is 0.0585. The van der Waals surface area contributed by atoms with Crippen molar-refractivity contribution >= 4 is 23.5 Å². The maximum absolute atomic E-state index is 11.5. The molecule has 0 aromatic heterocycles. The number of para-hydroxylation sites is 1. The topological polar surface area (TPSA) is 73.9 Å². The van der Waals surface area contributed by atoms with E-state index in [1.807, 2.05) is 0 Å². The van der Waals surface area contributed by atoms with Gasteiger partial charge in [0.25, 0.3) is 5.91 Å². The van der Waals surface area contributed by atoms with Gasteiger partial charge in [0.05, 0.1) is 11.1 Å². The van der Waals surface area contributed by atoms with Crippen molar-refractivity contribution in [3.8, 4) is 5.75 Å². The van der Waals surface area contributed by atoms with E-state index >= 15 is 0 Å². The molecule has 2 rings (SSSR count). The molecule has 0 saturated carbocycles. The maximum atomic E-state index is 11.5. The molecule has 22 heavy (non-hydrogen) atoms. The van der Waals surface area contributed by atoms with E-state index in [4.69, 9.17) is 25.8 Å². The fourth-order valence-electron chi connectivity index (χ4n) is 1.97. The normalized spacial score (nSPS) is 17.0. The molecule has 1 fully saturated rings. The van der Waals surface area contributed by atoms with Gasteiger partial charge in [0.1, 0.15) is 5.75 Å². The number of rotatable bonds is 7. The fraction of sp³-hybridized carbons (Fsp3) is 0.467. The zero-order chi connectivity index (χ0) is 15.8. The number of carbonyl (C=O) groups is 2. The number of ether oxygens (including phenoxy) is 3. The van der Waals surface area contributed by atoms with Crippen molar-refractivity contribution in [1.82, 2.24) is 5.32 Å². The molecule has 0 unspecified atom stereocenters. The van der Waals surface area contributed by atoms with Crippen LogP contribution in [-0.4, -0.2) is 44.3 Å². The van der Waals surface area contributed by atoms with Gasteiger partial charge in [-0.1, -0.05) is 23.7 Å². The van der Waals surface area contributed by atoms with Gasteiger partial charge < -0.3 is 19.5 Å². The minimum atomic E-state index is -0.632. The van der Waals surface area contributed by atoms with Crippen molar-refractivity contribution < 1.29 is 23.8 Å². The van der Waals surface area contributed by atoms with Crippen LogP contribution in [0.25, 0.3) is 0 Å². The second-order valence-electron chi connectivity index (χ2n) is 4.82. The van der Waals surface area contributed by atoms with Crippen molar-refractivity contribution in [1.29, 1.82) is 0 Å². The van der Waals surface area contributed by atoms with E-state index in [-0.39, 0.29) is 25.2 Å². The van der Waals surface area contributed by atoms with Gasteiger partial charge in [-0.15, -0.1) is 0 Å². The molecule has 7 heteroatoms. The Morgan fingerprint density at radius 2 is 2.14 bits per heavy atom. The lowest BCUT2D eigenvalue weighted by Crippen LogP contribution is -2.35. The van der Waals surface area contributed by atoms with Gasteiger partial charge in [0, 0.05) is 13.2 Å². The van der Waals surface area contributed by atoms with Crippen LogP contribution in [0.5, 0.6) is 5.75 Å². The number of halogens is 1. The van der Waals surface area contributed by atoms with Gasteiger partial charge in [-0.3, -0.25) is 4.79 Å². The van der Waals surface area contributed by atoms with Crippen molar-refractivity contribution in [2.75, 3.05) is 26.4 Å². The molecule has 120 valence electrons. The number of hydrogen-bond acceptors (Lipinski definition) is 5. The predicted octanol–water partition coefficient (Wildman–Crippen LogP) is 1.56. The molecule has 0 bridgehead atoms. The number of esters is 1. The van der Waals surface area contributed by atoms with E-state index in [9.17, 15) is 9.59 Å². The van der Waals surface area contributed by atoms with Crippen molar-refractivity contribution in [2.24, 2.45) is 0 Å². The Morgan fingerprint density at radius 3 is 2.86 bits per heavy atom. The van der Waals surface area contributed by atoms with Crippen LogP contribution < -0.4 is 10.1 Å². The second-order valence-corrected chi connectivity index (χ2v) is 5.23. The van der Waals surface area contributed by atoms with Crippen LogP contribution in [0, 0.1) is 0 Å². The summed E-state index contributed by atoms with van der Waals surface area (Å²) in [6.07, 6.45) is 2.00. The average Bonchev–Trinajstić information content (AvgIpc) is 3.03. The summed E-state index contributed by atoms with van der Waals surface area (Å²) in [6.45, 7) is 0.529. The lowest BCUT2D eigenvalue weighted by molar-refractivity contribution is -0.150. The van der Waals surface area contributed by atoms with E-state index < -0.39 is 5.97 Å². The summed E-state index contributed by atoms with van der Waals surface area (Å²) in [5.74, 6) is -0.599. The highest BCUT2D eigenvalue weighted by atomic mass is 35.5. The number of hydrogen-bond donors (Lipinski definition) is 1. The summed E-state index contributed by atoms with van der Waals surface area (Å²) in [5.41, 5.74) is 0. The van der Waals surface area contributed by atoms with Crippen molar-refractivity contribution in [3.63, 3.8) is 0 Å². The lowest BCUT2D eigenvalue weighted by Gasteiger charge is -2.11. The smallest absolute Gasteiger partial charge is 0.344 e. The van der Waals surface area contributed by atoms with Crippen LogP contribution >= 0.6 is 11.6 Å². The monoisotopic (exact) mass is 327 g/mol. The molecule has 1 N–H and O–H groups in total. The summed E-state index contributed by atoms with van der Waals surface area (Å²) in [6, 6.07) is 6.79. The van der Waals surface area contributed by atoms with Gasteiger partial charge >= 0.3 is 5.97 Å². The largest absolute Gasteiger partial charge is 0.480 e. The Balaban J connectivity index is 1.60. The Labute approximate surface area is 133 Å². The zero-order valence-electron chi connectivity index (χ0n) is 12.0. The minimum Gasteiger partial charge on any atom is -0.480 e. The van der Waals surface area contributed by atoms with E-state index in [1.165, 1.54) is 0 Å². The van der Waals surface area contributed by atoms with E-state index in [0.717, 1.165) is 19.4 Å². The van der Waals surface area contributed by atoms with E-state index in [1.54, 1.807) is 24.3 Å². The van der Waals surface area contributed by atoms with Gasteiger partial charge in [-0.2, -0.15) is 0 Å². The molecule has 1 amide bonds. The molecule has 0 radical (unpaired) electrons. The Bertz CT molecular complexity index is 516. The Hall–Kier alpha value is -1.79. The SMILES string of the molecule is O=C(COC(=O)COc1ccccc1Cl)NC[C@H]1CCCO1. The molecular weight excluding hydrogens is 310 g/mol. The molecule has 1 saturated heterocycles. The molecule has 1 aliphatic heterocycles. The van der Waals surface area contributed by atoms with Crippen LogP contribution in [0.4, 0.5) is 0 Å². The number of amides is 1. The highest BCUT2D eigenvalue weighted by molar-refractivity contribution is 6.32. The molecular formula is C15H18ClNO5. The first-order valence-electron chi connectivity index (χ1n) is 7.06. The Morgan fingerprint density at radius 1 is 1.32 bits per heavy atom. The van der Waals surface area contributed by atoms with Crippen LogP contribution in [0.2, 0.25) is 5.02 Å². The Kier molecular flexibility index (Phi) is 6.48. The molecule has 1 aliphatic rings. The summed E-state index contributed by atoms with van der Waals surface area (Å²) >= 11 is 5.89. The van der Waals surface area contributed by atoms with Gasteiger partial charge in [-0.25, -0.2) is 4.79 Å². The summed E-state index contributed by atoms with van der Waals surface area (Å²) in [4.78, 5) is 23.0. The predicted molar refractivity (Wildman–Crippen MR) is 79.9 cm³/mol. The van der Waals surface area contributed by atoms with Gasteiger partial charge in [0.2, 0.25) is 0 Å².